The molecule has 0 saturated carbocycles. The number of allylic oxidation sites excluding steroid dienone is 2. The minimum atomic E-state index is -0.781. The number of thioether (sulfide) groups is 1. The van der Waals surface area contributed by atoms with Crippen LogP contribution in [0.15, 0.2) is 41.3 Å². The number of hydrogen-bond acceptors (Lipinski definition) is 6. The number of imide groups is 1. The van der Waals surface area contributed by atoms with Crippen molar-refractivity contribution in [2.45, 2.75) is 17.7 Å². The van der Waals surface area contributed by atoms with Gasteiger partial charge in [-0.1, -0.05) is 24.3 Å². The number of carbonyl (C=O) groups excluding carboxylic acids is 4. The fourth-order valence-electron chi connectivity index (χ4n) is 3.28. The molecule has 1 aromatic rings. The molecule has 1 fully saturated rings. The SMILES string of the molecule is CSc1ccccc1NC(=O)COC(=O)CN1C(=O)[C@@H]2CC=CC[C@H]2C1=O. The Kier molecular flexibility index (Phi) is 5.95. The summed E-state index contributed by atoms with van der Waals surface area (Å²) in [6.07, 6.45) is 6.67. The number of ether oxygens (including phenoxy) is 1. The van der Waals surface area contributed by atoms with Crippen molar-refractivity contribution in [1.29, 1.82) is 0 Å². The molecule has 3 rings (SSSR count). The third-order valence-electron chi connectivity index (χ3n) is 4.63. The molecule has 1 heterocycles. The monoisotopic (exact) mass is 388 g/mol. The number of amides is 3. The Morgan fingerprint density at radius 3 is 2.41 bits per heavy atom. The van der Waals surface area contributed by atoms with Crippen LogP contribution in [0.3, 0.4) is 0 Å². The lowest BCUT2D eigenvalue weighted by Crippen LogP contribution is -2.37. The van der Waals surface area contributed by atoms with E-state index in [0.29, 0.717) is 18.5 Å². The zero-order valence-electron chi connectivity index (χ0n) is 14.8. The van der Waals surface area contributed by atoms with E-state index in [0.717, 1.165) is 9.80 Å². The second-order valence-corrected chi connectivity index (χ2v) is 7.18. The Labute approximate surface area is 161 Å². The Balaban J connectivity index is 1.50. The summed E-state index contributed by atoms with van der Waals surface area (Å²) in [6.45, 7) is -0.939. The van der Waals surface area contributed by atoms with Gasteiger partial charge in [0.25, 0.3) is 5.91 Å². The minimum absolute atomic E-state index is 0.343. The zero-order valence-corrected chi connectivity index (χ0v) is 15.7. The van der Waals surface area contributed by atoms with Crippen LogP contribution in [0.25, 0.3) is 0 Å². The minimum Gasteiger partial charge on any atom is -0.454 e. The molecule has 7 nitrogen and oxygen atoms in total. The first-order valence-electron chi connectivity index (χ1n) is 8.60. The highest BCUT2D eigenvalue weighted by Crippen LogP contribution is 2.34. The molecule has 0 spiro atoms. The first-order chi connectivity index (χ1) is 13.0. The summed E-state index contributed by atoms with van der Waals surface area (Å²) in [5, 5.41) is 2.68. The number of hydrogen-bond donors (Lipinski definition) is 1. The van der Waals surface area contributed by atoms with Crippen LogP contribution < -0.4 is 5.32 Å². The van der Waals surface area contributed by atoms with E-state index in [1.807, 2.05) is 30.5 Å². The quantitative estimate of drug-likeness (QED) is 0.346. The van der Waals surface area contributed by atoms with Gasteiger partial charge in [-0.05, 0) is 31.2 Å². The number of rotatable bonds is 6. The number of esters is 1. The topological polar surface area (TPSA) is 92.8 Å². The van der Waals surface area contributed by atoms with Gasteiger partial charge in [-0.2, -0.15) is 0 Å². The average molecular weight is 388 g/mol. The largest absolute Gasteiger partial charge is 0.454 e. The number of anilines is 1. The number of benzene rings is 1. The van der Waals surface area contributed by atoms with Crippen molar-refractivity contribution in [3.05, 3.63) is 36.4 Å². The van der Waals surface area contributed by atoms with Crippen molar-refractivity contribution in [2.75, 3.05) is 24.7 Å². The summed E-state index contributed by atoms with van der Waals surface area (Å²) in [7, 11) is 0. The second-order valence-electron chi connectivity index (χ2n) is 6.33. The predicted molar refractivity (Wildman–Crippen MR) is 99.9 cm³/mol. The maximum absolute atomic E-state index is 12.3. The van der Waals surface area contributed by atoms with Crippen LogP contribution in [0.4, 0.5) is 5.69 Å². The molecule has 8 heteroatoms. The van der Waals surface area contributed by atoms with Gasteiger partial charge in [-0.15, -0.1) is 11.8 Å². The molecule has 0 radical (unpaired) electrons. The van der Waals surface area contributed by atoms with E-state index in [1.165, 1.54) is 11.8 Å². The highest BCUT2D eigenvalue weighted by Gasteiger charge is 2.47. The average Bonchev–Trinajstić information content (AvgIpc) is 2.92. The van der Waals surface area contributed by atoms with Crippen molar-refractivity contribution in [3.8, 4) is 0 Å². The third kappa shape index (κ3) is 4.21. The van der Waals surface area contributed by atoms with Gasteiger partial charge in [0.2, 0.25) is 11.8 Å². The molecule has 142 valence electrons. The summed E-state index contributed by atoms with van der Waals surface area (Å²) >= 11 is 1.48. The maximum Gasteiger partial charge on any atom is 0.326 e. The van der Waals surface area contributed by atoms with Crippen LogP contribution in [0, 0.1) is 11.8 Å². The number of nitrogens with one attached hydrogen (secondary N) is 1. The van der Waals surface area contributed by atoms with Crippen LogP contribution in [-0.4, -0.2) is 48.0 Å². The Hall–Kier alpha value is -2.61. The molecular weight excluding hydrogens is 368 g/mol. The molecule has 1 aliphatic carbocycles. The highest BCUT2D eigenvalue weighted by molar-refractivity contribution is 7.98. The number of para-hydroxylation sites is 1. The molecule has 1 saturated heterocycles. The first-order valence-corrected chi connectivity index (χ1v) is 9.82. The predicted octanol–water partition coefficient (Wildman–Crippen LogP) is 1.84. The number of carbonyl (C=O) groups is 4. The Morgan fingerprint density at radius 1 is 1.15 bits per heavy atom. The summed E-state index contributed by atoms with van der Waals surface area (Å²) in [6, 6.07) is 7.27. The molecule has 1 aliphatic heterocycles. The van der Waals surface area contributed by atoms with E-state index < -0.39 is 25.0 Å². The van der Waals surface area contributed by atoms with Crippen molar-refractivity contribution in [2.24, 2.45) is 11.8 Å². The van der Waals surface area contributed by atoms with E-state index in [2.05, 4.69) is 5.32 Å². The standard InChI is InChI=1S/C19H20N2O5S/c1-27-15-9-5-4-8-14(15)20-16(22)11-26-17(23)10-21-18(24)12-6-2-3-7-13(12)19(21)25/h2-5,8-9,12-13H,6-7,10-11H2,1H3,(H,20,22)/t12-,13-/m1/s1. The second kappa shape index (κ2) is 8.39. The molecule has 0 unspecified atom stereocenters. The molecule has 0 bridgehead atoms. The van der Waals surface area contributed by atoms with Crippen molar-refractivity contribution < 1.29 is 23.9 Å². The molecule has 27 heavy (non-hydrogen) atoms. The number of likely N-dealkylation sites (tertiary alicyclic amines) is 1. The van der Waals surface area contributed by atoms with E-state index in [1.54, 1.807) is 12.1 Å². The lowest BCUT2D eigenvalue weighted by atomic mass is 9.85. The molecule has 3 amide bonds. The molecular formula is C19H20N2O5S. The summed E-state index contributed by atoms with van der Waals surface area (Å²) in [5.74, 6) is -2.73. The van der Waals surface area contributed by atoms with E-state index in [9.17, 15) is 19.2 Å². The van der Waals surface area contributed by atoms with Gasteiger partial charge in [0.15, 0.2) is 6.61 Å². The van der Waals surface area contributed by atoms with Crippen LogP contribution >= 0.6 is 11.8 Å². The van der Waals surface area contributed by atoms with Gasteiger partial charge in [0.1, 0.15) is 6.54 Å². The Morgan fingerprint density at radius 2 is 1.78 bits per heavy atom. The van der Waals surface area contributed by atoms with Crippen molar-refractivity contribution in [3.63, 3.8) is 0 Å². The number of nitrogens with zero attached hydrogens (tertiary/aromatic N) is 1. The molecule has 0 aromatic heterocycles. The highest BCUT2D eigenvalue weighted by atomic mass is 32.2. The van der Waals surface area contributed by atoms with Crippen molar-refractivity contribution >= 4 is 41.1 Å². The summed E-state index contributed by atoms with van der Waals surface area (Å²) < 4.78 is 4.94. The van der Waals surface area contributed by atoms with Gasteiger partial charge < -0.3 is 10.1 Å². The molecule has 2 atom stereocenters. The maximum atomic E-state index is 12.3. The van der Waals surface area contributed by atoms with Gasteiger partial charge >= 0.3 is 5.97 Å². The first kappa shape index (κ1) is 19.2. The zero-order chi connectivity index (χ0) is 19.4. The Bertz CT molecular complexity index is 781. The fraction of sp³-hybridized carbons (Fsp3) is 0.368. The normalized spacial score (nSPS) is 21.1. The lowest BCUT2D eigenvalue weighted by Gasteiger charge is -2.14. The van der Waals surface area contributed by atoms with Crippen LogP contribution in [0.1, 0.15) is 12.8 Å². The fourth-order valence-corrected chi connectivity index (χ4v) is 3.83. The van der Waals surface area contributed by atoms with E-state index >= 15 is 0 Å². The molecule has 1 aromatic carbocycles. The number of fused-ring (bicyclic) bond motifs is 1. The molecule has 2 aliphatic rings. The summed E-state index contributed by atoms with van der Waals surface area (Å²) in [5.41, 5.74) is 0.632. The smallest absolute Gasteiger partial charge is 0.326 e. The van der Waals surface area contributed by atoms with Crippen LogP contribution in [-0.2, 0) is 23.9 Å². The van der Waals surface area contributed by atoms with Gasteiger partial charge in [-0.3, -0.25) is 24.1 Å². The molecule has 1 N–H and O–H groups in total. The van der Waals surface area contributed by atoms with E-state index in [-0.39, 0.29) is 23.7 Å². The third-order valence-corrected chi connectivity index (χ3v) is 5.43. The van der Waals surface area contributed by atoms with E-state index in [4.69, 9.17) is 4.74 Å². The van der Waals surface area contributed by atoms with Gasteiger partial charge in [0.05, 0.1) is 17.5 Å². The van der Waals surface area contributed by atoms with Gasteiger partial charge in [-0.25, -0.2) is 0 Å². The summed E-state index contributed by atoms with van der Waals surface area (Å²) in [4.78, 5) is 50.5. The van der Waals surface area contributed by atoms with Crippen LogP contribution in [0.2, 0.25) is 0 Å². The van der Waals surface area contributed by atoms with Crippen LogP contribution in [0.5, 0.6) is 0 Å². The van der Waals surface area contributed by atoms with Crippen molar-refractivity contribution in [1.82, 2.24) is 4.90 Å². The lowest BCUT2D eigenvalue weighted by molar-refractivity contribution is -0.154. The van der Waals surface area contributed by atoms with Gasteiger partial charge in [0, 0.05) is 4.90 Å².